The van der Waals surface area contributed by atoms with Gasteiger partial charge in [0.1, 0.15) is 5.82 Å². The molecule has 0 amide bonds. The third kappa shape index (κ3) is 2.01. The van der Waals surface area contributed by atoms with Crippen molar-refractivity contribution < 1.29 is 0 Å². The SMILES string of the molecule is CC(c1ccccc1N)N1CCc2cc3ccccc3nc21. The molecular formula is C19H19N3. The molecule has 3 aromatic rings. The maximum absolute atomic E-state index is 6.15. The van der Waals surface area contributed by atoms with Crippen LogP contribution < -0.4 is 10.6 Å². The van der Waals surface area contributed by atoms with E-state index in [1.807, 2.05) is 24.3 Å². The van der Waals surface area contributed by atoms with Gasteiger partial charge in [-0.1, -0.05) is 36.4 Å². The van der Waals surface area contributed by atoms with Gasteiger partial charge < -0.3 is 10.6 Å². The van der Waals surface area contributed by atoms with Crippen LogP contribution in [-0.2, 0) is 6.42 Å². The Kier molecular flexibility index (Phi) is 3.00. The molecule has 0 bridgehead atoms. The Bertz CT molecular complexity index is 841. The third-order valence-corrected chi connectivity index (χ3v) is 4.59. The molecule has 22 heavy (non-hydrogen) atoms. The topological polar surface area (TPSA) is 42.1 Å². The second kappa shape index (κ2) is 5.02. The van der Waals surface area contributed by atoms with Crippen molar-refractivity contribution in [3.8, 4) is 0 Å². The standard InChI is InChI=1S/C19H19N3/c1-13(16-7-3-4-8-17(16)20)22-11-10-15-12-14-6-2-5-9-18(14)21-19(15)22/h2-9,12-13H,10-11,20H2,1H3. The molecule has 0 spiro atoms. The molecule has 3 nitrogen and oxygen atoms in total. The van der Waals surface area contributed by atoms with Crippen molar-refractivity contribution in [1.29, 1.82) is 0 Å². The van der Waals surface area contributed by atoms with Crippen LogP contribution in [0.15, 0.2) is 54.6 Å². The minimum absolute atomic E-state index is 0.233. The highest BCUT2D eigenvalue weighted by atomic mass is 15.2. The summed E-state index contributed by atoms with van der Waals surface area (Å²) in [6.07, 6.45) is 1.05. The molecule has 2 heterocycles. The smallest absolute Gasteiger partial charge is 0.133 e. The number of anilines is 2. The zero-order valence-electron chi connectivity index (χ0n) is 12.7. The highest BCUT2D eigenvalue weighted by molar-refractivity contribution is 5.82. The van der Waals surface area contributed by atoms with Crippen LogP contribution in [0.3, 0.4) is 0 Å². The Balaban J connectivity index is 1.78. The van der Waals surface area contributed by atoms with Crippen molar-refractivity contribution >= 4 is 22.4 Å². The van der Waals surface area contributed by atoms with Crippen LogP contribution >= 0.6 is 0 Å². The normalized spacial score (nSPS) is 15.0. The number of nitrogens with two attached hydrogens (primary N) is 1. The highest BCUT2D eigenvalue weighted by Crippen LogP contribution is 2.36. The molecule has 1 aromatic heterocycles. The lowest BCUT2D eigenvalue weighted by Crippen LogP contribution is -2.25. The van der Waals surface area contributed by atoms with E-state index in [0.29, 0.717) is 0 Å². The molecule has 1 aliphatic heterocycles. The maximum atomic E-state index is 6.15. The van der Waals surface area contributed by atoms with Gasteiger partial charge in [0.15, 0.2) is 0 Å². The number of aromatic nitrogens is 1. The lowest BCUT2D eigenvalue weighted by molar-refractivity contribution is 0.692. The van der Waals surface area contributed by atoms with Gasteiger partial charge >= 0.3 is 0 Å². The van der Waals surface area contributed by atoms with Gasteiger partial charge in [0.2, 0.25) is 0 Å². The van der Waals surface area contributed by atoms with Gasteiger partial charge in [-0.25, -0.2) is 4.98 Å². The summed E-state index contributed by atoms with van der Waals surface area (Å²) in [6.45, 7) is 3.20. The average molecular weight is 289 g/mol. The number of benzene rings is 2. The van der Waals surface area contributed by atoms with Crippen molar-refractivity contribution in [3.63, 3.8) is 0 Å². The van der Waals surface area contributed by atoms with Crippen LogP contribution in [0.25, 0.3) is 10.9 Å². The molecule has 3 heteroatoms. The van der Waals surface area contributed by atoms with Crippen LogP contribution in [0.2, 0.25) is 0 Å². The van der Waals surface area contributed by atoms with Gasteiger partial charge in [-0.2, -0.15) is 0 Å². The van der Waals surface area contributed by atoms with Gasteiger partial charge in [0, 0.05) is 17.6 Å². The van der Waals surface area contributed by atoms with Crippen LogP contribution in [0, 0.1) is 0 Å². The van der Waals surface area contributed by atoms with Crippen molar-refractivity contribution in [2.24, 2.45) is 0 Å². The fourth-order valence-corrected chi connectivity index (χ4v) is 3.37. The van der Waals surface area contributed by atoms with E-state index in [1.165, 1.54) is 16.5 Å². The van der Waals surface area contributed by atoms with Crippen molar-refractivity contribution in [3.05, 3.63) is 65.7 Å². The van der Waals surface area contributed by atoms with Crippen LogP contribution in [0.4, 0.5) is 11.5 Å². The molecule has 0 radical (unpaired) electrons. The Labute approximate surface area is 130 Å². The van der Waals surface area contributed by atoms with Crippen LogP contribution in [0.1, 0.15) is 24.1 Å². The number of nitrogens with zero attached hydrogens (tertiary/aromatic N) is 2. The molecule has 0 saturated heterocycles. The number of hydrogen-bond acceptors (Lipinski definition) is 3. The molecule has 1 unspecified atom stereocenters. The maximum Gasteiger partial charge on any atom is 0.133 e. The highest BCUT2D eigenvalue weighted by Gasteiger charge is 2.27. The summed E-state index contributed by atoms with van der Waals surface area (Å²) in [4.78, 5) is 7.27. The summed E-state index contributed by atoms with van der Waals surface area (Å²) in [6, 6.07) is 18.9. The molecule has 1 atom stereocenters. The van der Waals surface area contributed by atoms with Crippen molar-refractivity contribution in [2.75, 3.05) is 17.2 Å². The second-order valence-electron chi connectivity index (χ2n) is 5.91. The van der Waals surface area contributed by atoms with E-state index in [-0.39, 0.29) is 6.04 Å². The molecule has 2 N–H and O–H groups in total. The number of hydrogen-bond donors (Lipinski definition) is 1. The largest absolute Gasteiger partial charge is 0.398 e. The molecule has 2 aromatic carbocycles. The average Bonchev–Trinajstić information content (AvgIpc) is 2.95. The summed E-state index contributed by atoms with van der Waals surface area (Å²) >= 11 is 0. The quantitative estimate of drug-likeness (QED) is 0.727. The Morgan fingerprint density at radius 1 is 1.09 bits per heavy atom. The molecule has 1 aliphatic rings. The molecule has 110 valence electrons. The second-order valence-corrected chi connectivity index (χ2v) is 5.91. The van der Waals surface area contributed by atoms with E-state index in [0.717, 1.165) is 30.0 Å². The zero-order chi connectivity index (χ0) is 15.1. The minimum Gasteiger partial charge on any atom is -0.398 e. The summed E-state index contributed by atoms with van der Waals surface area (Å²) in [5.41, 5.74) is 10.6. The first kappa shape index (κ1) is 13.1. The summed E-state index contributed by atoms with van der Waals surface area (Å²) in [5.74, 6) is 1.11. The fraction of sp³-hybridized carbons (Fsp3) is 0.211. The van der Waals surface area contributed by atoms with E-state index >= 15 is 0 Å². The number of para-hydroxylation sites is 2. The predicted octanol–water partition coefficient (Wildman–Crippen LogP) is 3.94. The third-order valence-electron chi connectivity index (χ3n) is 4.59. The first-order valence-corrected chi connectivity index (χ1v) is 7.74. The van der Waals surface area contributed by atoms with E-state index in [2.05, 4.69) is 42.2 Å². The van der Waals surface area contributed by atoms with Gasteiger partial charge in [-0.3, -0.25) is 0 Å². The Morgan fingerprint density at radius 2 is 1.86 bits per heavy atom. The molecule has 0 saturated carbocycles. The Morgan fingerprint density at radius 3 is 2.73 bits per heavy atom. The zero-order valence-corrected chi connectivity index (χ0v) is 12.7. The van der Waals surface area contributed by atoms with Gasteiger partial charge in [0.25, 0.3) is 0 Å². The summed E-state index contributed by atoms with van der Waals surface area (Å²) in [7, 11) is 0. The van der Waals surface area contributed by atoms with Gasteiger partial charge in [-0.15, -0.1) is 0 Å². The number of rotatable bonds is 2. The molecule has 0 fully saturated rings. The number of fused-ring (bicyclic) bond motifs is 2. The first-order valence-electron chi connectivity index (χ1n) is 7.74. The number of nitrogen functional groups attached to an aromatic ring is 1. The van der Waals surface area contributed by atoms with Crippen molar-refractivity contribution in [1.82, 2.24) is 4.98 Å². The predicted molar refractivity (Wildman–Crippen MR) is 92.1 cm³/mol. The Hall–Kier alpha value is -2.55. The van der Waals surface area contributed by atoms with Crippen molar-refractivity contribution in [2.45, 2.75) is 19.4 Å². The van der Waals surface area contributed by atoms with Gasteiger partial charge in [-0.05, 0) is 42.7 Å². The monoisotopic (exact) mass is 289 g/mol. The van der Waals surface area contributed by atoms with E-state index < -0.39 is 0 Å². The molecular weight excluding hydrogens is 270 g/mol. The summed E-state index contributed by atoms with van der Waals surface area (Å²) < 4.78 is 0. The van der Waals surface area contributed by atoms with E-state index in [1.54, 1.807) is 0 Å². The van der Waals surface area contributed by atoms with Crippen LogP contribution in [0.5, 0.6) is 0 Å². The minimum atomic E-state index is 0.233. The lowest BCUT2D eigenvalue weighted by Gasteiger charge is -2.27. The lowest BCUT2D eigenvalue weighted by atomic mass is 10.1. The summed E-state index contributed by atoms with van der Waals surface area (Å²) in [5, 5.41) is 1.22. The van der Waals surface area contributed by atoms with Gasteiger partial charge in [0.05, 0.1) is 11.6 Å². The number of pyridine rings is 1. The van der Waals surface area contributed by atoms with E-state index in [4.69, 9.17) is 10.7 Å². The molecule has 4 rings (SSSR count). The fourth-order valence-electron chi connectivity index (χ4n) is 3.37. The first-order chi connectivity index (χ1) is 10.7. The molecule has 0 aliphatic carbocycles. The van der Waals surface area contributed by atoms with Crippen LogP contribution in [-0.4, -0.2) is 11.5 Å². The van der Waals surface area contributed by atoms with E-state index in [9.17, 15) is 0 Å².